The molecule has 0 amide bonds. The van der Waals surface area contributed by atoms with Crippen LogP contribution in [0, 0.1) is 40.9 Å². The molecule has 0 N–H and O–H groups in total. The smallest absolute Gasteiger partial charge is 0.0991 e. The summed E-state index contributed by atoms with van der Waals surface area (Å²) in [6.07, 6.45) is 22.2. The number of unbranched alkanes of at least 4 members (excludes halogenated alkanes) is 1. The molecule has 1 aromatic rings. The minimum Gasteiger partial charge on any atom is -0.192 e. The summed E-state index contributed by atoms with van der Waals surface area (Å²) in [7, 11) is 0. The molecule has 0 bridgehead atoms. The topological polar surface area (TPSA) is 23.8 Å². The van der Waals surface area contributed by atoms with E-state index in [1.54, 1.807) is 12.8 Å². The number of hydrogen-bond acceptors (Lipinski definition) is 1. The Balaban J connectivity index is 1.18. The average Bonchev–Trinajstić information content (AvgIpc) is 2.83. The van der Waals surface area contributed by atoms with Crippen LogP contribution in [0.2, 0.25) is 0 Å². The first-order valence-corrected chi connectivity index (χ1v) is 13.3. The fraction of sp³-hybridized carbons (Fsp3) is 0.759. The van der Waals surface area contributed by atoms with E-state index in [0.29, 0.717) is 0 Å². The van der Waals surface area contributed by atoms with E-state index in [4.69, 9.17) is 5.26 Å². The fourth-order valence-corrected chi connectivity index (χ4v) is 7.28. The van der Waals surface area contributed by atoms with Gasteiger partial charge in [0.05, 0.1) is 11.6 Å². The Morgan fingerprint density at radius 3 is 1.63 bits per heavy atom. The lowest BCUT2D eigenvalue weighted by molar-refractivity contribution is 0.108. The van der Waals surface area contributed by atoms with Gasteiger partial charge in [-0.1, -0.05) is 51.2 Å². The molecule has 0 spiro atoms. The molecule has 3 aliphatic rings. The summed E-state index contributed by atoms with van der Waals surface area (Å²) < 4.78 is 0. The molecule has 1 nitrogen and oxygen atoms in total. The molecular formula is C29H43N. The zero-order chi connectivity index (χ0) is 20.8. The van der Waals surface area contributed by atoms with Crippen LogP contribution in [0.15, 0.2) is 24.3 Å². The van der Waals surface area contributed by atoms with Crippen molar-refractivity contribution in [2.45, 2.75) is 109 Å². The molecule has 30 heavy (non-hydrogen) atoms. The lowest BCUT2D eigenvalue weighted by Gasteiger charge is -2.41. The second kappa shape index (κ2) is 10.8. The minimum atomic E-state index is 0.730. The SMILES string of the molecule is CCCC[C@H]1CC[C@H]([C@H]2CC[C@H]([C@H]3CC[C@H](c4ccc(C#N)cc4)CC3)CC2)CC1. The number of hydrogen-bond donors (Lipinski definition) is 0. The standard InChI is InChI=1S/C29H43N/c1-2-3-4-22-5-9-24(10-6-22)26-13-17-28(18-14-26)29-19-15-27(16-20-29)25-11-7-23(21-30)8-12-25/h7-8,11-12,22,24,26-29H,2-6,9-10,13-20H2,1H3/t22-,24-,26-,27-,28-,29-. The molecule has 3 saturated carbocycles. The molecule has 0 saturated heterocycles. The lowest BCUT2D eigenvalue weighted by Crippen LogP contribution is -2.29. The monoisotopic (exact) mass is 405 g/mol. The number of benzene rings is 1. The van der Waals surface area contributed by atoms with Crippen molar-refractivity contribution < 1.29 is 0 Å². The van der Waals surface area contributed by atoms with Gasteiger partial charge >= 0.3 is 0 Å². The summed E-state index contributed by atoms with van der Waals surface area (Å²) in [4.78, 5) is 0. The van der Waals surface area contributed by atoms with Crippen LogP contribution < -0.4 is 0 Å². The zero-order valence-electron chi connectivity index (χ0n) is 19.3. The molecule has 0 unspecified atom stereocenters. The van der Waals surface area contributed by atoms with Gasteiger partial charge in [-0.3, -0.25) is 0 Å². The van der Waals surface area contributed by atoms with Crippen molar-refractivity contribution in [2.75, 3.05) is 0 Å². The Morgan fingerprint density at radius 2 is 1.17 bits per heavy atom. The van der Waals surface area contributed by atoms with Crippen molar-refractivity contribution >= 4 is 0 Å². The molecular weight excluding hydrogens is 362 g/mol. The van der Waals surface area contributed by atoms with Gasteiger partial charge in [-0.15, -0.1) is 0 Å². The summed E-state index contributed by atoms with van der Waals surface area (Å²) in [6, 6.07) is 10.6. The maximum Gasteiger partial charge on any atom is 0.0991 e. The van der Waals surface area contributed by atoms with Crippen molar-refractivity contribution in [2.24, 2.45) is 29.6 Å². The molecule has 1 aromatic carbocycles. The fourth-order valence-electron chi connectivity index (χ4n) is 7.28. The maximum atomic E-state index is 9.01. The largest absolute Gasteiger partial charge is 0.192 e. The van der Waals surface area contributed by atoms with E-state index < -0.39 is 0 Å². The van der Waals surface area contributed by atoms with Crippen molar-refractivity contribution in [3.63, 3.8) is 0 Å². The van der Waals surface area contributed by atoms with E-state index in [0.717, 1.165) is 41.1 Å². The van der Waals surface area contributed by atoms with Gasteiger partial charge in [0.1, 0.15) is 0 Å². The first kappa shape index (κ1) is 21.9. The van der Waals surface area contributed by atoms with Crippen LogP contribution in [0.25, 0.3) is 0 Å². The lowest BCUT2D eigenvalue weighted by atomic mass is 9.64. The van der Waals surface area contributed by atoms with Crippen molar-refractivity contribution in [1.82, 2.24) is 0 Å². The van der Waals surface area contributed by atoms with Gasteiger partial charge in [-0.25, -0.2) is 0 Å². The first-order valence-electron chi connectivity index (χ1n) is 13.3. The Bertz CT molecular complexity index is 659. The van der Waals surface area contributed by atoms with Crippen LogP contribution in [0.1, 0.15) is 120 Å². The summed E-state index contributed by atoms with van der Waals surface area (Å²) in [5.41, 5.74) is 2.25. The third-order valence-electron chi connectivity index (χ3n) is 9.29. The summed E-state index contributed by atoms with van der Waals surface area (Å²) in [5.74, 6) is 5.92. The normalized spacial score (nSPS) is 34.9. The van der Waals surface area contributed by atoms with Crippen molar-refractivity contribution in [1.29, 1.82) is 5.26 Å². The number of nitrogens with zero attached hydrogens (tertiary/aromatic N) is 1. The predicted octanol–water partition coefficient (Wildman–Crippen LogP) is 8.64. The summed E-state index contributed by atoms with van der Waals surface area (Å²) in [6.45, 7) is 2.34. The molecule has 3 fully saturated rings. The van der Waals surface area contributed by atoms with Gasteiger partial charge in [0.25, 0.3) is 0 Å². The molecule has 0 aromatic heterocycles. The van der Waals surface area contributed by atoms with Gasteiger partial charge in [0, 0.05) is 0 Å². The summed E-state index contributed by atoms with van der Waals surface area (Å²) >= 11 is 0. The molecule has 3 aliphatic carbocycles. The Labute approximate surface area is 185 Å². The van der Waals surface area contributed by atoms with E-state index in [9.17, 15) is 0 Å². The molecule has 4 rings (SSSR count). The third kappa shape index (κ3) is 5.49. The van der Waals surface area contributed by atoms with E-state index >= 15 is 0 Å². The molecule has 0 radical (unpaired) electrons. The van der Waals surface area contributed by atoms with Crippen LogP contribution in [-0.2, 0) is 0 Å². The molecule has 164 valence electrons. The van der Waals surface area contributed by atoms with Crippen LogP contribution >= 0.6 is 0 Å². The quantitative estimate of drug-likeness (QED) is 0.464. The Morgan fingerprint density at radius 1 is 0.700 bits per heavy atom. The van der Waals surface area contributed by atoms with Crippen LogP contribution in [0.3, 0.4) is 0 Å². The van der Waals surface area contributed by atoms with Gasteiger partial charge in [0.2, 0.25) is 0 Å². The third-order valence-corrected chi connectivity index (χ3v) is 9.29. The van der Waals surface area contributed by atoms with E-state index in [1.807, 2.05) is 12.1 Å². The maximum absolute atomic E-state index is 9.01. The second-order valence-corrected chi connectivity index (χ2v) is 10.9. The second-order valence-electron chi connectivity index (χ2n) is 10.9. The summed E-state index contributed by atoms with van der Waals surface area (Å²) in [5, 5.41) is 9.01. The zero-order valence-corrected chi connectivity index (χ0v) is 19.3. The van der Waals surface area contributed by atoms with Crippen LogP contribution in [0.4, 0.5) is 0 Å². The van der Waals surface area contributed by atoms with Gasteiger partial charge < -0.3 is 0 Å². The highest BCUT2D eigenvalue weighted by Crippen LogP contribution is 2.47. The number of nitriles is 1. The van der Waals surface area contributed by atoms with E-state index in [-0.39, 0.29) is 0 Å². The highest BCUT2D eigenvalue weighted by atomic mass is 14.4. The average molecular weight is 406 g/mol. The van der Waals surface area contributed by atoms with Gasteiger partial charge in [-0.2, -0.15) is 5.26 Å². The predicted molar refractivity (Wildman–Crippen MR) is 126 cm³/mol. The molecule has 0 atom stereocenters. The highest BCUT2D eigenvalue weighted by Gasteiger charge is 2.34. The van der Waals surface area contributed by atoms with Crippen LogP contribution in [-0.4, -0.2) is 0 Å². The minimum absolute atomic E-state index is 0.730. The number of rotatable bonds is 6. The Hall–Kier alpha value is -1.29. The van der Waals surface area contributed by atoms with E-state index in [1.165, 1.54) is 89.0 Å². The van der Waals surface area contributed by atoms with Crippen molar-refractivity contribution in [3.8, 4) is 6.07 Å². The molecule has 1 heteroatoms. The Kier molecular flexibility index (Phi) is 7.92. The van der Waals surface area contributed by atoms with Crippen molar-refractivity contribution in [3.05, 3.63) is 35.4 Å². The van der Waals surface area contributed by atoms with Crippen LogP contribution in [0.5, 0.6) is 0 Å². The van der Waals surface area contributed by atoms with Gasteiger partial charge in [0.15, 0.2) is 0 Å². The highest BCUT2D eigenvalue weighted by molar-refractivity contribution is 5.33. The molecule has 0 heterocycles. The van der Waals surface area contributed by atoms with E-state index in [2.05, 4.69) is 25.1 Å². The first-order chi connectivity index (χ1) is 14.8. The van der Waals surface area contributed by atoms with Gasteiger partial charge in [-0.05, 0) is 117 Å². The molecule has 0 aliphatic heterocycles.